The van der Waals surface area contributed by atoms with E-state index >= 15 is 0 Å². The molecule has 4 atom stereocenters. The fourth-order valence-electron chi connectivity index (χ4n) is 2.54. The van der Waals surface area contributed by atoms with Crippen LogP contribution in [0.5, 0.6) is 0 Å². The van der Waals surface area contributed by atoms with Gasteiger partial charge in [0.15, 0.2) is 0 Å². The molecule has 1 saturated carbocycles. The normalized spacial score (nSPS) is 43.5. The molecular formula is C11H21F. The minimum atomic E-state index is -0.546. The van der Waals surface area contributed by atoms with Gasteiger partial charge in [0.05, 0.1) is 0 Å². The Hall–Kier alpha value is -0.0700. The first-order valence-corrected chi connectivity index (χ1v) is 5.18. The maximum absolute atomic E-state index is 13.3. The number of hydrogen-bond acceptors (Lipinski definition) is 0. The molecule has 1 aliphatic rings. The fourth-order valence-corrected chi connectivity index (χ4v) is 2.54. The van der Waals surface area contributed by atoms with Crippen molar-refractivity contribution < 1.29 is 4.39 Å². The largest absolute Gasteiger partial charge is 0.247 e. The lowest BCUT2D eigenvalue weighted by Gasteiger charge is -2.38. The van der Waals surface area contributed by atoms with Crippen LogP contribution in [-0.4, -0.2) is 6.17 Å². The predicted molar refractivity (Wildman–Crippen MR) is 50.8 cm³/mol. The predicted octanol–water partition coefficient (Wildman–Crippen LogP) is 3.66. The lowest BCUT2D eigenvalue weighted by Crippen LogP contribution is -2.34. The third-order valence-electron chi connectivity index (χ3n) is 3.71. The molecule has 0 bridgehead atoms. The summed E-state index contributed by atoms with van der Waals surface area (Å²) < 4.78 is 13.3. The summed E-state index contributed by atoms with van der Waals surface area (Å²) >= 11 is 0. The second-order valence-electron chi connectivity index (χ2n) is 4.72. The standard InChI is InChI=1S/C11H21F/c1-7(2)10-5-6-11(12)9(4)8(10)3/h7-11H,5-6H2,1-4H3. The summed E-state index contributed by atoms with van der Waals surface area (Å²) in [7, 11) is 0. The van der Waals surface area contributed by atoms with Crippen LogP contribution < -0.4 is 0 Å². The Labute approximate surface area is 75.5 Å². The van der Waals surface area contributed by atoms with Crippen molar-refractivity contribution in [2.24, 2.45) is 23.7 Å². The van der Waals surface area contributed by atoms with Gasteiger partial charge in [-0.05, 0) is 36.5 Å². The quantitative estimate of drug-likeness (QED) is 0.566. The van der Waals surface area contributed by atoms with Gasteiger partial charge in [-0.15, -0.1) is 0 Å². The molecule has 1 heteroatoms. The monoisotopic (exact) mass is 172 g/mol. The van der Waals surface area contributed by atoms with Crippen molar-refractivity contribution in [2.75, 3.05) is 0 Å². The molecular weight excluding hydrogens is 151 g/mol. The average Bonchev–Trinajstić information content (AvgIpc) is 2.00. The van der Waals surface area contributed by atoms with E-state index in [1.54, 1.807) is 0 Å². The molecule has 72 valence electrons. The molecule has 0 aliphatic heterocycles. The van der Waals surface area contributed by atoms with Crippen LogP contribution in [0.3, 0.4) is 0 Å². The Kier molecular flexibility index (Phi) is 3.14. The highest BCUT2D eigenvalue weighted by Gasteiger charge is 2.35. The van der Waals surface area contributed by atoms with Crippen molar-refractivity contribution in [3.05, 3.63) is 0 Å². The summed E-state index contributed by atoms with van der Waals surface area (Å²) in [5.41, 5.74) is 0. The summed E-state index contributed by atoms with van der Waals surface area (Å²) in [6.45, 7) is 8.78. The van der Waals surface area contributed by atoms with Crippen molar-refractivity contribution in [1.82, 2.24) is 0 Å². The van der Waals surface area contributed by atoms with Gasteiger partial charge >= 0.3 is 0 Å². The molecule has 0 amide bonds. The van der Waals surface area contributed by atoms with Crippen LogP contribution in [0.25, 0.3) is 0 Å². The lowest BCUT2D eigenvalue weighted by molar-refractivity contribution is 0.0592. The first kappa shape index (κ1) is 10.0. The van der Waals surface area contributed by atoms with Crippen LogP contribution >= 0.6 is 0 Å². The van der Waals surface area contributed by atoms with Gasteiger partial charge < -0.3 is 0 Å². The first-order chi connectivity index (χ1) is 5.54. The van der Waals surface area contributed by atoms with Gasteiger partial charge in [0.1, 0.15) is 6.17 Å². The fraction of sp³-hybridized carbons (Fsp3) is 1.00. The molecule has 0 radical (unpaired) electrons. The van der Waals surface area contributed by atoms with Gasteiger partial charge in [0, 0.05) is 0 Å². The molecule has 0 N–H and O–H groups in total. The van der Waals surface area contributed by atoms with Crippen LogP contribution in [0, 0.1) is 23.7 Å². The Morgan fingerprint density at radius 1 is 1.08 bits per heavy atom. The molecule has 0 heterocycles. The van der Waals surface area contributed by atoms with Gasteiger partial charge in [0.25, 0.3) is 0 Å². The summed E-state index contributed by atoms with van der Waals surface area (Å²) in [5.74, 6) is 2.29. The zero-order valence-corrected chi connectivity index (χ0v) is 8.68. The van der Waals surface area contributed by atoms with Gasteiger partial charge in [0.2, 0.25) is 0 Å². The van der Waals surface area contributed by atoms with E-state index in [2.05, 4.69) is 27.7 Å². The molecule has 1 fully saturated rings. The zero-order valence-electron chi connectivity index (χ0n) is 8.68. The molecule has 4 unspecified atom stereocenters. The Morgan fingerprint density at radius 2 is 1.67 bits per heavy atom. The van der Waals surface area contributed by atoms with E-state index in [1.165, 1.54) is 0 Å². The molecule has 1 rings (SSSR count). The van der Waals surface area contributed by atoms with Crippen molar-refractivity contribution in [1.29, 1.82) is 0 Å². The van der Waals surface area contributed by atoms with E-state index in [4.69, 9.17) is 0 Å². The summed E-state index contributed by atoms with van der Waals surface area (Å²) in [6.07, 6.45) is 1.33. The Bertz CT molecular complexity index is 142. The van der Waals surface area contributed by atoms with Crippen molar-refractivity contribution in [3.8, 4) is 0 Å². The average molecular weight is 172 g/mol. The molecule has 12 heavy (non-hydrogen) atoms. The van der Waals surface area contributed by atoms with Crippen molar-refractivity contribution in [2.45, 2.75) is 46.7 Å². The topological polar surface area (TPSA) is 0 Å². The number of halogens is 1. The molecule has 0 nitrogen and oxygen atoms in total. The number of alkyl halides is 1. The molecule has 1 aliphatic carbocycles. The van der Waals surface area contributed by atoms with Crippen LogP contribution in [0.15, 0.2) is 0 Å². The van der Waals surface area contributed by atoms with Crippen LogP contribution in [0.2, 0.25) is 0 Å². The third kappa shape index (κ3) is 1.81. The number of rotatable bonds is 1. The minimum absolute atomic E-state index is 0.270. The molecule has 0 aromatic carbocycles. The SMILES string of the molecule is CC(C)C1CCC(F)C(C)C1C. The lowest BCUT2D eigenvalue weighted by atomic mass is 9.69. The summed E-state index contributed by atoms with van der Waals surface area (Å²) in [4.78, 5) is 0. The van der Waals surface area contributed by atoms with E-state index in [0.29, 0.717) is 5.92 Å². The van der Waals surface area contributed by atoms with E-state index in [1.807, 2.05) is 0 Å². The Balaban J connectivity index is 2.58. The van der Waals surface area contributed by atoms with Crippen LogP contribution in [0.4, 0.5) is 4.39 Å². The molecule has 0 aromatic rings. The van der Waals surface area contributed by atoms with Crippen LogP contribution in [0.1, 0.15) is 40.5 Å². The van der Waals surface area contributed by atoms with E-state index in [-0.39, 0.29) is 5.92 Å². The number of hydrogen-bond donors (Lipinski definition) is 0. The highest BCUT2D eigenvalue weighted by atomic mass is 19.1. The second kappa shape index (κ2) is 3.76. The molecule has 0 saturated heterocycles. The highest BCUT2D eigenvalue weighted by Crippen LogP contribution is 2.39. The minimum Gasteiger partial charge on any atom is -0.247 e. The molecule has 0 aromatic heterocycles. The van der Waals surface area contributed by atoms with Crippen molar-refractivity contribution in [3.63, 3.8) is 0 Å². The van der Waals surface area contributed by atoms with Gasteiger partial charge in [-0.25, -0.2) is 4.39 Å². The third-order valence-corrected chi connectivity index (χ3v) is 3.71. The van der Waals surface area contributed by atoms with E-state index in [9.17, 15) is 4.39 Å². The maximum Gasteiger partial charge on any atom is 0.103 e. The second-order valence-corrected chi connectivity index (χ2v) is 4.72. The first-order valence-electron chi connectivity index (χ1n) is 5.18. The maximum atomic E-state index is 13.3. The summed E-state index contributed by atoms with van der Waals surface area (Å²) in [5, 5.41) is 0. The molecule has 0 spiro atoms. The van der Waals surface area contributed by atoms with Crippen molar-refractivity contribution >= 4 is 0 Å². The van der Waals surface area contributed by atoms with Gasteiger partial charge in [-0.1, -0.05) is 27.7 Å². The summed E-state index contributed by atoms with van der Waals surface area (Å²) in [6, 6.07) is 0. The Morgan fingerprint density at radius 3 is 2.17 bits per heavy atom. The van der Waals surface area contributed by atoms with Gasteiger partial charge in [-0.3, -0.25) is 0 Å². The van der Waals surface area contributed by atoms with Gasteiger partial charge in [-0.2, -0.15) is 0 Å². The zero-order chi connectivity index (χ0) is 9.30. The van der Waals surface area contributed by atoms with E-state index < -0.39 is 6.17 Å². The smallest absolute Gasteiger partial charge is 0.103 e. The highest BCUT2D eigenvalue weighted by molar-refractivity contribution is 4.84. The van der Waals surface area contributed by atoms with Crippen LogP contribution in [-0.2, 0) is 0 Å². The van der Waals surface area contributed by atoms with E-state index in [0.717, 1.165) is 24.7 Å².